The summed E-state index contributed by atoms with van der Waals surface area (Å²) >= 11 is 0. The van der Waals surface area contributed by atoms with Crippen LogP contribution in [0.2, 0.25) is 0 Å². The predicted octanol–water partition coefficient (Wildman–Crippen LogP) is -1.14. The van der Waals surface area contributed by atoms with E-state index in [9.17, 15) is 19.2 Å². The Bertz CT molecular complexity index is 487. The molecule has 0 bridgehead atoms. The maximum absolute atomic E-state index is 11.9. The molecule has 4 amide bonds. The van der Waals surface area contributed by atoms with E-state index in [4.69, 9.17) is 5.11 Å². The van der Waals surface area contributed by atoms with E-state index < -0.39 is 48.2 Å². The standard InChI is InChI=1S/C11H13N3O5/c15-6(16)3-5-7-8(12-9(5)17)14(4-1-2-4)11(19)13-10(7)18/h4-5,7-8H,1-3H2,(H,12,17)(H,15,16)(H,13,18,19). The first-order chi connectivity index (χ1) is 8.99. The fourth-order valence-electron chi connectivity index (χ4n) is 2.83. The monoisotopic (exact) mass is 267 g/mol. The number of carbonyl (C=O) groups excluding carboxylic acids is 3. The van der Waals surface area contributed by atoms with E-state index in [0.717, 1.165) is 12.8 Å². The Hall–Kier alpha value is -2.12. The zero-order chi connectivity index (χ0) is 13.7. The minimum atomic E-state index is -1.14. The second-order valence-corrected chi connectivity index (χ2v) is 5.12. The van der Waals surface area contributed by atoms with E-state index in [1.807, 2.05) is 0 Å². The van der Waals surface area contributed by atoms with Crippen LogP contribution in [0.4, 0.5) is 4.79 Å². The molecule has 2 saturated heterocycles. The van der Waals surface area contributed by atoms with E-state index >= 15 is 0 Å². The zero-order valence-corrected chi connectivity index (χ0v) is 9.96. The molecule has 0 aromatic carbocycles. The van der Waals surface area contributed by atoms with Gasteiger partial charge in [-0.2, -0.15) is 0 Å². The van der Waals surface area contributed by atoms with Gasteiger partial charge in [-0.1, -0.05) is 0 Å². The first-order valence-electron chi connectivity index (χ1n) is 6.14. The minimum absolute atomic E-state index is 0.0319. The van der Waals surface area contributed by atoms with Gasteiger partial charge in [-0.3, -0.25) is 19.7 Å². The Morgan fingerprint density at radius 2 is 1.95 bits per heavy atom. The van der Waals surface area contributed by atoms with Crippen LogP contribution in [0.1, 0.15) is 19.3 Å². The van der Waals surface area contributed by atoms with E-state index in [0.29, 0.717) is 0 Å². The molecule has 0 aromatic heterocycles. The number of hydrogen-bond acceptors (Lipinski definition) is 4. The average Bonchev–Trinajstić information content (AvgIpc) is 3.05. The van der Waals surface area contributed by atoms with Gasteiger partial charge in [0.2, 0.25) is 11.8 Å². The number of aliphatic carboxylic acids is 1. The summed E-state index contributed by atoms with van der Waals surface area (Å²) in [6.07, 6.45) is 0.562. The first-order valence-corrected chi connectivity index (χ1v) is 6.14. The molecule has 19 heavy (non-hydrogen) atoms. The molecule has 0 spiro atoms. The number of rotatable bonds is 3. The van der Waals surface area contributed by atoms with Crippen LogP contribution in [0.5, 0.6) is 0 Å². The van der Waals surface area contributed by atoms with Crippen LogP contribution in [0.25, 0.3) is 0 Å². The van der Waals surface area contributed by atoms with Crippen LogP contribution >= 0.6 is 0 Å². The third-order valence-electron chi connectivity index (χ3n) is 3.80. The van der Waals surface area contributed by atoms with Crippen LogP contribution in [0, 0.1) is 11.8 Å². The summed E-state index contributed by atoms with van der Waals surface area (Å²) < 4.78 is 0. The topological polar surface area (TPSA) is 116 Å². The van der Waals surface area contributed by atoms with Crippen LogP contribution in [-0.4, -0.2) is 46.0 Å². The number of hydrogen-bond donors (Lipinski definition) is 3. The smallest absolute Gasteiger partial charge is 0.325 e. The Kier molecular flexibility index (Phi) is 2.48. The molecule has 3 rings (SSSR count). The molecule has 3 unspecified atom stereocenters. The molecule has 8 nitrogen and oxygen atoms in total. The molecule has 2 heterocycles. The number of carboxylic acid groups (broad SMARTS) is 1. The maximum Gasteiger partial charge on any atom is 0.325 e. The molecule has 2 aliphatic heterocycles. The Balaban J connectivity index is 1.90. The quantitative estimate of drug-likeness (QED) is 0.598. The summed E-state index contributed by atoms with van der Waals surface area (Å²) in [4.78, 5) is 47.7. The molecule has 102 valence electrons. The molecule has 3 fully saturated rings. The number of urea groups is 1. The van der Waals surface area contributed by atoms with Crippen molar-refractivity contribution in [2.24, 2.45) is 11.8 Å². The molecule has 8 heteroatoms. The lowest BCUT2D eigenvalue weighted by Gasteiger charge is -2.37. The maximum atomic E-state index is 11.9. The molecule has 1 aliphatic carbocycles. The number of carboxylic acids is 1. The number of carbonyl (C=O) groups is 4. The lowest BCUT2D eigenvalue weighted by molar-refractivity contribution is -0.142. The van der Waals surface area contributed by atoms with Gasteiger partial charge in [0.05, 0.1) is 18.3 Å². The third kappa shape index (κ3) is 1.83. The number of nitrogens with zero attached hydrogens (tertiary/aromatic N) is 1. The molecule has 0 radical (unpaired) electrons. The van der Waals surface area contributed by atoms with Crippen molar-refractivity contribution in [2.45, 2.75) is 31.5 Å². The summed E-state index contributed by atoms with van der Waals surface area (Å²) in [5.41, 5.74) is 0. The molecule has 3 N–H and O–H groups in total. The number of fused-ring (bicyclic) bond motifs is 1. The van der Waals surface area contributed by atoms with Gasteiger partial charge in [-0.05, 0) is 12.8 Å². The van der Waals surface area contributed by atoms with E-state index in [1.54, 1.807) is 0 Å². The van der Waals surface area contributed by atoms with Gasteiger partial charge < -0.3 is 15.3 Å². The minimum Gasteiger partial charge on any atom is -0.481 e. The van der Waals surface area contributed by atoms with E-state index in [-0.39, 0.29) is 6.04 Å². The van der Waals surface area contributed by atoms with Crippen molar-refractivity contribution in [1.29, 1.82) is 0 Å². The fraction of sp³-hybridized carbons (Fsp3) is 0.636. The molecule has 3 atom stereocenters. The highest BCUT2D eigenvalue weighted by molar-refractivity contribution is 6.03. The number of imide groups is 1. The Labute approximate surface area is 108 Å². The van der Waals surface area contributed by atoms with Crippen molar-refractivity contribution in [1.82, 2.24) is 15.5 Å². The lowest BCUT2D eigenvalue weighted by atomic mass is 9.88. The van der Waals surface area contributed by atoms with E-state index in [1.165, 1.54) is 4.90 Å². The van der Waals surface area contributed by atoms with Crippen molar-refractivity contribution in [3.63, 3.8) is 0 Å². The van der Waals surface area contributed by atoms with Gasteiger partial charge in [0, 0.05) is 6.04 Å². The van der Waals surface area contributed by atoms with Gasteiger partial charge >= 0.3 is 12.0 Å². The second-order valence-electron chi connectivity index (χ2n) is 5.12. The molecular formula is C11H13N3O5. The van der Waals surface area contributed by atoms with Crippen LogP contribution in [-0.2, 0) is 14.4 Å². The number of amides is 4. The zero-order valence-electron chi connectivity index (χ0n) is 9.96. The second kappa shape index (κ2) is 3.94. The summed E-state index contributed by atoms with van der Waals surface area (Å²) in [5, 5.41) is 13.6. The van der Waals surface area contributed by atoms with Crippen molar-refractivity contribution in [3.05, 3.63) is 0 Å². The normalized spacial score (nSPS) is 33.8. The highest BCUT2D eigenvalue weighted by atomic mass is 16.4. The Morgan fingerprint density at radius 1 is 1.26 bits per heavy atom. The SMILES string of the molecule is O=C(O)CC1C(=O)NC2C1C(=O)NC(=O)N2C1CC1. The van der Waals surface area contributed by atoms with Crippen molar-refractivity contribution >= 4 is 23.8 Å². The van der Waals surface area contributed by atoms with Crippen molar-refractivity contribution in [2.75, 3.05) is 0 Å². The van der Waals surface area contributed by atoms with Gasteiger partial charge in [0.15, 0.2) is 0 Å². The van der Waals surface area contributed by atoms with Gasteiger partial charge in [-0.15, -0.1) is 0 Å². The summed E-state index contributed by atoms with van der Waals surface area (Å²) in [6.45, 7) is 0. The van der Waals surface area contributed by atoms with Gasteiger partial charge in [0.1, 0.15) is 6.17 Å². The molecule has 1 saturated carbocycles. The lowest BCUT2D eigenvalue weighted by Crippen LogP contribution is -2.63. The van der Waals surface area contributed by atoms with Crippen LogP contribution in [0.15, 0.2) is 0 Å². The highest BCUT2D eigenvalue weighted by Crippen LogP contribution is 2.37. The molecule has 0 aromatic rings. The summed E-state index contributed by atoms with van der Waals surface area (Å²) in [5.74, 6) is -3.92. The molecular weight excluding hydrogens is 254 g/mol. The largest absolute Gasteiger partial charge is 0.481 e. The highest BCUT2D eigenvalue weighted by Gasteiger charge is 2.56. The number of nitrogens with one attached hydrogen (secondary N) is 2. The first kappa shape index (κ1) is 11.9. The van der Waals surface area contributed by atoms with Crippen molar-refractivity contribution in [3.8, 4) is 0 Å². The molecule has 3 aliphatic rings. The van der Waals surface area contributed by atoms with Crippen LogP contribution < -0.4 is 10.6 Å². The van der Waals surface area contributed by atoms with Crippen LogP contribution in [0.3, 0.4) is 0 Å². The average molecular weight is 267 g/mol. The summed E-state index contributed by atoms with van der Waals surface area (Å²) in [6, 6.07) is -0.477. The van der Waals surface area contributed by atoms with Gasteiger partial charge in [-0.25, -0.2) is 4.79 Å². The fourth-order valence-corrected chi connectivity index (χ4v) is 2.83. The van der Waals surface area contributed by atoms with Gasteiger partial charge in [0.25, 0.3) is 0 Å². The van der Waals surface area contributed by atoms with E-state index in [2.05, 4.69) is 10.6 Å². The van der Waals surface area contributed by atoms with Crippen molar-refractivity contribution < 1.29 is 24.3 Å². The predicted molar refractivity (Wildman–Crippen MR) is 59.6 cm³/mol. The third-order valence-corrected chi connectivity index (χ3v) is 3.80. The summed E-state index contributed by atoms with van der Waals surface area (Å²) in [7, 11) is 0. The Morgan fingerprint density at radius 3 is 2.53 bits per heavy atom.